The van der Waals surface area contributed by atoms with Gasteiger partial charge in [-0.05, 0) is 6.42 Å². The Morgan fingerprint density at radius 3 is 1.67 bits per heavy atom. The van der Waals surface area contributed by atoms with Gasteiger partial charge in [-0.2, -0.15) is 36.9 Å². The predicted molar refractivity (Wildman–Crippen MR) is 49.3 cm³/mol. The Bertz CT molecular complexity index is 347. The third-order valence-electron chi connectivity index (χ3n) is 2.15. The van der Waals surface area contributed by atoms with Crippen molar-refractivity contribution in [2.24, 2.45) is 5.41 Å². The minimum absolute atomic E-state index is 1.04. The molecule has 0 spiro atoms. The number of alkyl halides is 7. The second kappa shape index (κ2) is 5.66. The van der Waals surface area contributed by atoms with Gasteiger partial charge in [0, 0.05) is 12.8 Å². The van der Waals surface area contributed by atoms with E-state index in [-0.39, 0.29) is 0 Å². The molecule has 0 aromatic rings. The maximum absolute atomic E-state index is 12.2. The van der Waals surface area contributed by atoms with Gasteiger partial charge in [-0.3, -0.25) is 0 Å². The highest BCUT2D eigenvalue weighted by Gasteiger charge is 2.46. The van der Waals surface area contributed by atoms with Crippen LogP contribution in [-0.4, -0.2) is 17.7 Å². The van der Waals surface area contributed by atoms with Crippen LogP contribution in [0, 0.1) is 28.1 Å². The van der Waals surface area contributed by atoms with Crippen LogP contribution in [0.25, 0.3) is 0 Å². The van der Waals surface area contributed by atoms with Gasteiger partial charge in [0.1, 0.15) is 10.8 Å². The topological polar surface area (TPSA) is 47.6 Å². The lowest BCUT2D eigenvalue weighted by Crippen LogP contribution is -2.31. The molecule has 0 amide bonds. The van der Waals surface area contributed by atoms with Crippen LogP contribution in [0.1, 0.15) is 19.3 Å². The van der Waals surface area contributed by atoms with Crippen LogP contribution in [0.3, 0.4) is 0 Å². The van der Waals surface area contributed by atoms with E-state index < -0.39 is 42.4 Å². The molecular formula is C9H7ClF6N2. The lowest BCUT2D eigenvalue weighted by molar-refractivity contribution is -0.142. The quantitative estimate of drug-likeness (QED) is 0.582. The van der Waals surface area contributed by atoms with Crippen LogP contribution >= 0.6 is 11.6 Å². The third kappa shape index (κ3) is 5.46. The minimum Gasteiger partial charge on any atom is -0.197 e. The highest BCUT2D eigenvalue weighted by molar-refractivity contribution is 6.21. The fourth-order valence-corrected chi connectivity index (χ4v) is 1.37. The van der Waals surface area contributed by atoms with Gasteiger partial charge in [0.05, 0.1) is 12.1 Å². The van der Waals surface area contributed by atoms with Crippen LogP contribution in [0.5, 0.6) is 0 Å². The van der Waals surface area contributed by atoms with Crippen molar-refractivity contribution < 1.29 is 26.3 Å². The molecule has 102 valence electrons. The van der Waals surface area contributed by atoms with Crippen molar-refractivity contribution in [1.82, 2.24) is 0 Å². The Labute approximate surface area is 104 Å². The highest BCUT2D eigenvalue weighted by atomic mass is 35.5. The van der Waals surface area contributed by atoms with Gasteiger partial charge in [-0.1, -0.05) is 0 Å². The molecule has 2 nitrogen and oxygen atoms in total. The Morgan fingerprint density at radius 2 is 1.39 bits per heavy atom. The van der Waals surface area contributed by atoms with Crippen molar-refractivity contribution in [3.63, 3.8) is 0 Å². The predicted octanol–water partition coefficient (Wildman–Crippen LogP) is 3.92. The summed E-state index contributed by atoms with van der Waals surface area (Å²) in [7, 11) is 0. The second-order valence-corrected chi connectivity index (χ2v) is 4.16. The average Bonchev–Trinajstić information content (AvgIpc) is 2.21. The minimum atomic E-state index is -4.88. The van der Waals surface area contributed by atoms with Crippen molar-refractivity contribution in [2.75, 3.05) is 0 Å². The number of nitriles is 2. The maximum atomic E-state index is 12.2. The first-order valence-corrected chi connectivity index (χ1v) is 4.99. The monoisotopic (exact) mass is 292 g/mol. The van der Waals surface area contributed by atoms with E-state index in [4.69, 9.17) is 22.1 Å². The summed E-state index contributed by atoms with van der Waals surface area (Å²) >= 11 is 4.94. The van der Waals surface area contributed by atoms with Gasteiger partial charge >= 0.3 is 12.4 Å². The molecule has 9 heteroatoms. The van der Waals surface area contributed by atoms with Gasteiger partial charge < -0.3 is 0 Å². The zero-order chi connectivity index (χ0) is 14.6. The fraction of sp³-hybridized carbons (Fsp3) is 0.778. The molecule has 1 unspecified atom stereocenters. The summed E-state index contributed by atoms with van der Waals surface area (Å²) in [5, 5.41) is 14.7. The molecular weight excluding hydrogens is 286 g/mol. The maximum Gasteiger partial charge on any atom is 0.405 e. The summed E-state index contributed by atoms with van der Waals surface area (Å²) in [6.45, 7) is 0. The van der Waals surface area contributed by atoms with E-state index in [0.29, 0.717) is 0 Å². The Kier molecular flexibility index (Phi) is 5.30. The number of hydrogen-bond acceptors (Lipinski definition) is 2. The van der Waals surface area contributed by atoms with E-state index in [2.05, 4.69) is 0 Å². The number of nitrogens with zero attached hydrogens (tertiary/aromatic N) is 2. The highest BCUT2D eigenvalue weighted by Crippen LogP contribution is 2.39. The molecule has 0 N–H and O–H groups in total. The molecule has 0 aliphatic heterocycles. The van der Waals surface area contributed by atoms with Crippen molar-refractivity contribution in [2.45, 2.75) is 37.0 Å². The lowest BCUT2D eigenvalue weighted by Gasteiger charge is -2.23. The summed E-state index contributed by atoms with van der Waals surface area (Å²) < 4.78 is 72.3. The van der Waals surface area contributed by atoms with E-state index in [9.17, 15) is 26.3 Å². The van der Waals surface area contributed by atoms with Crippen molar-refractivity contribution in [1.29, 1.82) is 10.5 Å². The van der Waals surface area contributed by atoms with E-state index >= 15 is 0 Å². The molecule has 0 bridgehead atoms. The average molecular weight is 293 g/mol. The van der Waals surface area contributed by atoms with Crippen LogP contribution < -0.4 is 0 Å². The van der Waals surface area contributed by atoms with Crippen molar-refractivity contribution >= 4 is 11.6 Å². The summed E-state index contributed by atoms with van der Waals surface area (Å²) in [6, 6.07) is 2.39. The summed E-state index contributed by atoms with van der Waals surface area (Å²) in [6.07, 6.45) is -13.3. The van der Waals surface area contributed by atoms with Crippen molar-refractivity contribution in [3.05, 3.63) is 0 Å². The number of rotatable bonds is 4. The number of hydrogen-bond donors (Lipinski definition) is 0. The van der Waals surface area contributed by atoms with Crippen LogP contribution in [0.2, 0.25) is 0 Å². The first-order valence-electron chi connectivity index (χ1n) is 4.56. The normalized spacial score (nSPS) is 14.7. The molecule has 0 heterocycles. The van der Waals surface area contributed by atoms with Crippen LogP contribution in [0.15, 0.2) is 0 Å². The van der Waals surface area contributed by atoms with E-state index in [1.807, 2.05) is 0 Å². The fourth-order valence-electron chi connectivity index (χ4n) is 1.11. The molecule has 0 aromatic carbocycles. The van der Waals surface area contributed by atoms with Gasteiger partial charge in [0.2, 0.25) is 0 Å². The largest absolute Gasteiger partial charge is 0.405 e. The van der Waals surface area contributed by atoms with Crippen LogP contribution in [-0.2, 0) is 0 Å². The molecule has 1 atom stereocenters. The van der Waals surface area contributed by atoms with E-state index in [0.717, 1.165) is 0 Å². The molecule has 0 rings (SSSR count). The zero-order valence-corrected chi connectivity index (χ0v) is 9.49. The molecule has 18 heavy (non-hydrogen) atoms. The van der Waals surface area contributed by atoms with Crippen molar-refractivity contribution in [3.8, 4) is 12.1 Å². The molecule has 0 saturated heterocycles. The molecule has 0 radical (unpaired) electrons. The molecule has 0 aliphatic rings. The molecule has 0 aliphatic carbocycles. The van der Waals surface area contributed by atoms with Gasteiger partial charge in [0.15, 0.2) is 0 Å². The Morgan fingerprint density at radius 1 is 0.944 bits per heavy atom. The molecule has 0 saturated carbocycles. The summed E-state index contributed by atoms with van der Waals surface area (Å²) in [4.78, 5) is 0. The van der Waals surface area contributed by atoms with Gasteiger partial charge in [-0.25, -0.2) is 0 Å². The zero-order valence-electron chi connectivity index (χ0n) is 8.74. The SMILES string of the molecule is N#CC(C#N)(CCC(F)(F)F)CC(Cl)C(F)(F)F. The second-order valence-electron chi connectivity index (χ2n) is 3.63. The summed E-state index contributed by atoms with van der Waals surface area (Å²) in [5.74, 6) is 0. The Balaban J connectivity index is 4.87. The Hall–Kier alpha value is -1.15. The van der Waals surface area contributed by atoms with E-state index in [1.54, 1.807) is 0 Å². The molecule has 0 aromatic heterocycles. The molecule has 0 fully saturated rings. The van der Waals surface area contributed by atoms with Crippen LogP contribution in [0.4, 0.5) is 26.3 Å². The standard InChI is InChI=1S/C9H7ClF6N2/c10-6(9(14,15)16)3-7(4-17,5-18)1-2-8(11,12)13/h6H,1-3H2. The van der Waals surface area contributed by atoms with E-state index in [1.165, 1.54) is 12.1 Å². The first kappa shape index (κ1) is 16.9. The first-order chi connectivity index (χ1) is 7.96. The smallest absolute Gasteiger partial charge is 0.197 e. The summed E-state index contributed by atoms with van der Waals surface area (Å²) in [5.41, 5.74) is -2.39. The third-order valence-corrected chi connectivity index (χ3v) is 2.55. The van der Waals surface area contributed by atoms with Gasteiger partial charge in [-0.15, -0.1) is 11.6 Å². The number of halogens is 7. The lowest BCUT2D eigenvalue weighted by atomic mass is 9.81. The van der Waals surface area contributed by atoms with Gasteiger partial charge in [0.25, 0.3) is 0 Å².